The fourth-order valence-corrected chi connectivity index (χ4v) is 3.05. The lowest BCUT2D eigenvalue weighted by Gasteiger charge is -2.21. The average Bonchev–Trinajstić information content (AvgIpc) is 3.09. The quantitative estimate of drug-likeness (QED) is 0.851. The van der Waals surface area contributed by atoms with Gasteiger partial charge in [0.05, 0.1) is 6.54 Å². The van der Waals surface area contributed by atoms with Crippen molar-refractivity contribution in [2.75, 3.05) is 6.54 Å². The number of halogens is 1. The first-order chi connectivity index (χ1) is 11.4. The number of fused-ring (bicyclic) bond motifs is 1. The highest BCUT2D eigenvalue weighted by Gasteiger charge is 2.39. The molecular formula is C16H16FN3O4. The number of alkyl halides is 1. The van der Waals surface area contributed by atoms with Crippen LogP contribution in [0, 0.1) is 0 Å². The smallest absolute Gasteiger partial charge is 0.326 e. The Hall–Kier alpha value is -2.77. The van der Waals surface area contributed by atoms with Crippen molar-refractivity contribution in [3.8, 4) is 0 Å². The molecule has 2 aromatic rings. The summed E-state index contributed by atoms with van der Waals surface area (Å²) in [5, 5.41) is 9.76. The predicted molar refractivity (Wildman–Crippen MR) is 82.4 cm³/mol. The second-order valence-corrected chi connectivity index (χ2v) is 5.83. The first-order valence-electron chi connectivity index (χ1n) is 7.49. The number of carbonyl (C=O) groups is 3. The Labute approximate surface area is 136 Å². The van der Waals surface area contributed by atoms with E-state index in [-0.39, 0.29) is 25.3 Å². The van der Waals surface area contributed by atoms with Crippen LogP contribution in [0.25, 0.3) is 11.0 Å². The van der Waals surface area contributed by atoms with Gasteiger partial charge in [-0.05, 0) is 19.1 Å². The van der Waals surface area contributed by atoms with Crippen LogP contribution in [0.2, 0.25) is 0 Å². The largest absolute Gasteiger partial charge is 0.480 e. The number of Topliss-reactive ketones (excluding diaryl/α,β-unsaturated/α-hetero) is 1. The van der Waals surface area contributed by atoms with Crippen molar-refractivity contribution in [2.45, 2.75) is 32.1 Å². The van der Waals surface area contributed by atoms with Crippen LogP contribution in [0.1, 0.15) is 23.7 Å². The molecule has 7 nitrogen and oxygen atoms in total. The van der Waals surface area contributed by atoms with Crippen LogP contribution in [0.3, 0.4) is 0 Å². The molecule has 3 rings (SSSR count). The number of hydrogen-bond acceptors (Lipinski definition) is 4. The van der Waals surface area contributed by atoms with Crippen LogP contribution in [0.5, 0.6) is 0 Å². The molecule has 24 heavy (non-hydrogen) atoms. The molecule has 0 bridgehead atoms. The second-order valence-electron chi connectivity index (χ2n) is 5.83. The summed E-state index contributed by atoms with van der Waals surface area (Å²) in [4.78, 5) is 40.6. The van der Waals surface area contributed by atoms with Crippen molar-refractivity contribution in [3.05, 3.63) is 30.1 Å². The summed E-state index contributed by atoms with van der Waals surface area (Å²) in [6.07, 6.45) is 1.52. The molecule has 0 unspecified atom stereocenters. The van der Waals surface area contributed by atoms with Crippen molar-refractivity contribution in [1.29, 1.82) is 0 Å². The molecule has 8 heteroatoms. The van der Waals surface area contributed by atoms with E-state index in [0.717, 1.165) is 4.90 Å². The normalized spacial score (nSPS) is 20.5. The van der Waals surface area contributed by atoms with E-state index in [1.165, 1.54) is 17.7 Å². The van der Waals surface area contributed by atoms with Gasteiger partial charge in [-0.15, -0.1) is 0 Å². The zero-order valence-corrected chi connectivity index (χ0v) is 13.0. The van der Waals surface area contributed by atoms with E-state index in [0.29, 0.717) is 16.6 Å². The summed E-state index contributed by atoms with van der Waals surface area (Å²) in [6, 6.07) is 2.26. The zero-order valence-electron chi connectivity index (χ0n) is 13.0. The van der Waals surface area contributed by atoms with Crippen molar-refractivity contribution < 1.29 is 23.9 Å². The summed E-state index contributed by atoms with van der Waals surface area (Å²) in [5.41, 5.74) is 0.893. The van der Waals surface area contributed by atoms with E-state index >= 15 is 0 Å². The lowest BCUT2D eigenvalue weighted by atomic mass is 10.2. The van der Waals surface area contributed by atoms with E-state index in [4.69, 9.17) is 5.11 Å². The van der Waals surface area contributed by atoms with Crippen LogP contribution in [-0.4, -0.2) is 56.0 Å². The Kier molecular flexibility index (Phi) is 4.04. The molecule has 1 aliphatic rings. The first-order valence-corrected chi connectivity index (χ1v) is 7.49. The molecule has 0 aliphatic carbocycles. The highest BCUT2D eigenvalue weighted by molar-refractivity contribution is 6.06. The van der Waals surface area contributed by atoms with Crippen molar-refractivity contribution >= 4 is 28.7 Å². The predicted octanol–water partition coefficient (Wildman–Crippen LogP) is 1.26. The number of carboxylic acids is 1. The molecule has 0 radical (unpaired) electrons. The maximum Gasteiger partial charge on any atom is 0.326 e. The Morgan fingerprint density at radius 1 is 1.42 bits per heavy atom. The van der Waals surface area contributed by atoms with Gasteiger partial charge in [-0.1, -0.05) is 0 Å². The van der Waals surface area contributed by atoms with Crippen LogP contribution in [0.4, 0.5) is 4.39 Å². The van der Waals surface area contributed by atoms with Crippen molar-refractivity contribution in [3.63, 3.8) is 0 Å². The first kappa shape index (κ1) is 16.1. The summed E-state index contributed by atoms with van der Waals surface area (Å²) >= 11 is 0. The number of ketones is 1. The van der Waals surface area contributed by atoms with Crippen molar-refractivity contribution in [1.82, 2.24) is 14.5 Å². The number of nitrogens with zero attached hydrogens (tertiary/aromatic N) is 3. The molecule has 1 amide bonds. The van der Waals surface area contributed by atoms with E-state index in [1.54, 1.807) is 18.3 Å². The number of carbonyl (C=O) groups excluding carboxylic acids is 2. The van der Waals surface area contributed by atoms with E-state index in [1.807, 2.05) is 0 Å². The van der Waals surface area contributed by atoms with Gasteiger partial charge >= 0.3 is 5.97 Å². The second kappa shape index (κ2) is 6.03. The monoisotopic (exact) mass is 333 g/mol. The Morgan fingerprint density at radius 2 is 2.17 bits per heavy atom. The summed E-state index contributed by atoms with van der Waals surface area (Å²) in [7, 11) is 0. The Morgan fingerprint density at radius 3 is 2.83 bits per heavy atom. The van der Waals surface area contributed by atoms with Crippen LogP contribution in [-0.2, 0) is 16.1 Å². The topological polar surface area (TPSA) is 92.5 Å². The maximum atomic E-state index is 13.5. The highest BCUT2D eigenvalue weighted by atomic mass is 19.1. The summed E-state index contributed by atoms with van der Waals surface area (Å²) < 4.78 is 15.0. The highest BCUT2D eigenvalue weighted by Crippen LogP contribution is 2.23. The molecule has 2 aromatic heterocycles. The van der Waals surface area contributed by atoms with Gasteiger partial charge in [0.2, 0.25) is 5.91 Å². The minimum absolute atomic E-state index is 0.160. The molecule has 1 aliphatic heterocycles. The van der Waals surface area contributed by atoms with Crippen LogP contribution in [0.15, 0.2) is 24.5 Å². The molecule has 1 fully saturated rings. The van der Waals surface area contributed by atoms with Crippen molar-refractivity contribution in [2.24, 2.45) is 0 Å². The molecule has 2 atom stereocenters. The SMILES string of the molecule is CC(=O)c1cn(CC(=O)N2C[C@H](F)C[C@H]2C(=O)O)c2ncccc12. The van der Waals surface area contributed by atoms with Gasteiger partial charge in [0.25, 0.3) is 0 Å². The van der Waals surface area contributed by atoms with Gasteiger partial charge in [-0.2, -0.15) is 0 Å². The minimum Gasteiger partial charge on any atom is -0.480 e. The minimum atomic E-state index is -1.35. The van der Waals surface area contributed by atoms with Crippen LogP contribution >= 0.6 is 0 Å². The van der Waals surface area contributed by atoms with E-state index < -0.39 is 24.1 Å². The third kappa shape index (κ3) is 2.75. The van der Waals surface area contributed by atoms with Gasteiger partial charge in [0.15, 0.2) is 5.78 Å². The lowest BCUT2D eigenvalue weighted by molar-refractivity contribution is -0.148. The van der Waals surface area contributed by atoms with Crippen LogP contribution < -0.4 is 0 Å². The molecule has 126 valence electrons. The lowest BCUT2D eigenvalue weighted by Crippen LogP contribution is -2.42. The molecule has 1 N–H and O–H groups in total. The number of pyridine rings is 1. The fourth-order valence-electron chi connectivity index (χ4n) is 3.05. The van der Waals surface area contributed by atoms with Gasteiger partial charge in [-0.25, -0.2) is 14.2 Å². The molecule has 0 saturated carbocycles. The number of likely N-dealkylation sites (tertiary alicyclic amines) is 1. The molecular weight excluding hydrogens is 317 g/mol. The van der Waals surface area contributed by atoms with Gasteiger partial charge in [0.1, 0.15) is 24.4 Å². The Bertz CT molecular complexity index is 832. The molecule has 0 spiro atoms. The Balaban J connectivity index is 1.91. The average molecular weight is 333 g/mol. The number of aromatic nitrogens is 2. The summed E-state index contributed by atoms with van der Waals surface area (Å²) in [6.45, 7) is 0.988. The maximum absolute atomic E-state index is 13.5. The summed E-state index contributed by atoms with van der Waals surface area (Å²) in [5.74, 6) is -1.89. The zero-order chi connectivity index (χ0) is 17.4. The number of rotatable bonds is 4. The van der Waals surface area contributed by atoms with Gasteiger partial charge < -0.3 is 14.6 Å². The standard InChI is InChI=1S/C16H16FN3O4/c1-9(21)12-7-19(15-11(12)3-2-4-18-15)8-14(22)20-6-10(17)5-13(20)16(23)24/h2-4,7,10,13H,5-6,8H2,1H3,(H,23,24)/t10-,13+/m1/s1. The third-order valence-electron chi connectivity index (χ3n) is 4.17. The number of amides is 1. The molecule has 1 saturated heterocycles. The van der Waals surface area contributed by atoms with E-state index in [9.17, 15) is 18.8 Å². The van der Waals surface area contributed by atoms with Gasteiger partial charge in [0, 0.05) is 29.8 Å². The molecule has 0 aromatic carbocycles. The number of carboxylic acid groups (broad SMARTS) is 1. The fraction of sp³-hybridized carbons (Fsp3) is 0.375. The number of aliphatic carboxylic acids is 1. The van der Waals surface area contributed by atoms with E-state index in [2.05, 4.69) is 4.98 Å². The molecule has 3 heterocycles. The third-order valence-corrected chi connectivity index (χ3v) is 4.17. The number of hydrogen-bond donors (Lipinski definition) is 1. The van der Waals surface area contributed by atoms with Gasteiger partial charge in [-0.3, -0.25) is 9.59 Å².